The summed E-state index contributed by atoms with van der Waals surface area (Å²) < 4.78 is 44.3. The summed E-state index contributed by atoms with van der Waals surface area (Å²) in [5.41, 5.74) is 3.16. The van der Waals surface area contributed by atoms with Gasteiger partial charge in [-0.25, -0.2) is 8.42 Å². The predicted octanol–water partition coefficient (Wildman–Crippen LogP) is 2.18. The molecule has 0 aliphatic carbocycles. The number of nitrogens with zero attached hydrogens (tertiary/aromatic N) is 2. The van der Waals surface area contributed by atoms with Crippen LogP contribution in [0.15, 0.2) is 41.3 Å². The van der Waals surface area contributed by atoms with E-state index in [2.05, 4.69) is 10.2 Å². The van der Waals surface area contributed by atoms with Crippen molar-refractivity contribution in [2.24, 2.45) is 0 Å². The van der Waals surface area contributed by atoms with Crippen molar-refractivity contribution in [2.45, 2.75) is 18.7 Å². The SMILES string of the molecule is Cc1ccc(C)c(OCC(=O)Nc2cc(S(=O)(=O)N3CCOCC3)ccc2N2CCOCC2)c1. The summed E-state index contributed by atoms with van der Waals surface area (Å²) in [7, 11) is -3.71. The second-order valence-corrected chi connectivity index (χ2v) is 10.3. The summed E-state index contributed by atoms with van der Waals surface area (Å²) in [4.78, 5) is 15.0. The van der Waals surface area contributed by atoms with Crippen molar-refractivity contribution in [3.63, 3.8) is 0 Å². The lowest BCUT2D eigenvalue weighted by Crippen LogP contribution is -2.40. The van der Waals surface area contributed by atoms with Gasteiger partial charge in [0.05, 0.1) is 42.7 Å². The fourth-order valence-corrected chi connectivity index (χ4v) is 5.42. The second-order valence-electron chi connectivity index (χ2n) is 8.40. The standard InChI is InChI=1S/C24H31N3O6S/c1-18-3-4-19(2)23(15-18)33-17-24(28)25-21-16-20(34(29,30)27-9-13-32-14-10-27)5-6-22(21)26-7-11-31-12-8-26/h3-6,15-16H,7-14,17H2,1-2H3,(H,25,28). The summed E-state index contributed by atoms with van der Waals surface area (Å²) in [6.45, 7) is 7.47. The molecule has 2 aliphatic heterocycles. The lowest BCUT2D eigenvalue weighted by Gasteiger charge is -2.31. The van der Waals surface area contributed by atoms with Crippen molar-refractivity contribution in [2.75, 3.05) is 69.4 Å². The van der Waals surface area contributed by atoms with Crippen molar-refractivity contribution in [1.29, 1.82) is 0 Å². The van der Waals surface area contributed by atoms with Gasteiger partial charge in [-0.1, -0.05) is 12.1 Å². The van der Waals surface area contributed by atoms with Crippen LogP contribution in [0.3, 0.4) is 0 Å². The lowest BCUT2D eigenvalue weighted by molar-refractivity contribution is -0.118. The molecule has 2 aromatic rings. The van der Waals surface area contributed by atoms with Crippen molar-refractivity contribution in [3.05, 3.63) is 47.5 Å². The predicted molar refractivity (Wildman–Crippen MR) is 129 cm³/mol. The number of ether oxygens (including phenoxy) is 3. The molecule has 2 saturated heterocycles. The monoisotopic (exact) mass is 489 g/mol. The van der Waals surface area contributed by atoms with E-state index in [1.54, 1.807) is 12.1 Å². The highest BCUT2D eigenvalue weighted by Crippen LogP contribution is 2.31. The third-order valence-electron chi connectivity index (χ3n) is 5.90. The molecule has 2 heterocycles. The van der Waals surface area contributed by atoms with Gasteiger partial charge in [0.25, 0.3) is 5.91 Å². The first kappa shape index (κ1) is 24.5. The van der Waals surface area contributed by atoms with Gasteiger partial charge in [0.1, 0.15) is 5.75 Å². The third-order valence-corrected chi connectivity index (χ3v) is 7.80. The van der Waals surface area contributed by atoms with Crippen LogP contribution in [0.25, 0.3) is 0 Å². The van der Waals surface area contributed by atoms with Crippen LogP contribution in [0, 0.1) is 13.8 Å². The van der Waals surface area contributed by atoms with Gasteiger partial charge in [-0.05, 0) is 49.2 Å². The fourth-order valence-electron chi connectivity index (χ4n) is 3.98. The number of hydrogen-bond acceptors (Lipinski definition) is 7. The van der Waals surface area contributed by atoms with E-state index in [1.165, 1.54) is 10.4 Å². The van der Waals surface area contributed by atoms with E-state index in [4.69, 9.17) is 14.2 Å². The zero-order chi connectivity index (χ0) is 24.1. The number of aryl methyl sites for hydroxylation is 2. The van der Waals surface area contributed by atoms with E-state index in [1.807, 2.05) is 32.0 Å². The van der Waals surface area contributed by atoms with E-state index < -0.39 is 10.0 Å². The van der Waals surface area contributed by atoms with Crippen molar-refractivity contribution < 1.29 is 27.4 Å². The summed E-state index contributed by atoms with van der Waals surface area (Å²) in [5, 5.41) is 2.87. The first-order valence-electron chi connectivity index (χ1n) is 11.4. The molecule has 9 nitrogen and oxygen atoms in total. The van der Waals surface area contributed by atoms with Gasteiger partial charge in [0, 0.05) is 26.2 Å². The number of morpholine rings is 2. The molecular weight excluding hydrogens is 458 g/mol. The Labute approximate surface area is 200 Å². The van der Waals surface area contributed by atoms with Crippen molar-refractivity contribution >= 4 is 27.3 Å². The number of benzene rings is 2. The molecule has 184 valence electrons. The second kappa shape index (κ2) is 10.7. The molecular formula is C24H31N3O6S. The normalized spacial score (nSPS) is 17.4. The third kappa shape index (κ3) is 5.69. The molecule has 4 rings (SSSR count). The zero-order valence-corrected chi connectivity index (χ0v) is 20.4. The topological polar surface area (TPSA) is 97.4 Å². The number of anilines is 2. The maximum atomic E-state index is 13.2. The van der Waals surface area contributed by atoms with Gasteiger partial charge >= 0.3 is 0 Å². The van der Waals surface area contributed by atoms with Gasteiger partial charge in [0.2, 0.25) is 10.0 Å². The van der Waals surface area contributed by atoms with Crippen LogP contribution in [-0.2, 0) is 24.3 Å². The van der Waals surface area contributed by atoms with E-state index in [9.17, 15) is 13.2 Å². The molecule has 2 aliphatic rings. The van der Waals surface area contributed by atoms with Crippen LogP contribution in [0.2, 0.25) is 0 Å². The number of sulfonamides is 1. The highest BCUT2D eigenvalue weighted by Gasteiger charge is 2.28. The minimum Gasteiger partial charge on any atom is -0.483 e. The maximum absolute atomic E-state index is 13.2. The molecule has 1 N–H and O–H groups in total. The lowest BCUT2D eigenvalue weighted by atomic mass is 10.1. The van der Waals surface area contributed by atoms with Gasteiger partial charge in [-0.3, -0.25) is 4.79 Å². The molecule has 0 aromatic heterocycles. The van der Waals surface area contributed by atoms with E-state index in [-0.39, 0.29) is 17.4 Å². The Kier molecular flexibility index (Phi) is 7.72. The highest BCUT2D eigenvalue weighted by molar-refractivity contribution is 7.89. The maximum Gasteiger partial charge on any atom is 0.262 e. The quantitative estimate of drug-likeness (QED) is 0.637. The van der Waals surface area contributed by atoms with E-state index in [0.717, 1.165) is 16.8 Å². The number of carbonyl (C=O) groups is 1. The molecule has 10 heteroatoms. The molecule has 34 heavy (non-hydrogen) atoms. The number of carbonyl (C=O) groups excluding carboxylic acids is 1. The molecule has 0 unspecified atom stereocenters. The van der Waals surface area contributed by atoms with E-state index >= 15 is 0 Å². The van der Waals surface area contributed by atoms with Crippen molar-refractivity contribution in [3.8, 4) is 5.75 Å². The van der Waals surface area contributed by atoms with Gasteiger partial charge < -0.3 is 24.4 Å². The average molecular weight is 490 g/mol. The van der Waals surface area contributed by atoms with Gasteiger partial charge in [-0.2, -0.15) is 4.31 Å². The Hall–Kier alpha value is -2.66. The average Bonchev–Trinajstić information content (AvgIpc) is 2.85. The van der Waals surface area contributed by atoms with Crippen LogP contribution in [0.5, 0.6) is 5.75 Å². The Morgan fingerprint density at radius 3 is 2.35 bits per heavy atom. The minimum absolute atomic E-state index is 0.136. The summed E-state index contributed by atoms with van der Waals surface area (Å²) in [6.07, 6.45) is 0. The molecule has 1 amide bonds. The number of nitrogens with one attached hydrogen (secondary N) is 1. The Morgan fingerprint density at radius 2 is 1.65 bits per heavy atom. The fraction of sp³-hybridized carbons (Fsp3) is 0.458. The molecule has 0 atom stereocenters. The first-order valence-corrected chi connectivity index (χ1v) is 12.8. The number of rotatable bonds is 7. The summed E-state index contributed by atoms with van der Waals surface area (Å²) >= 11 is 0. The number of amides is 1. The summed E-state index contributed by atoms with van der Waals surface area (Å²) in [6, 6.07) is 10.7. The van der Waals surface area contributed by atoms with Crippen molar-refractivity contribution in [1.82, 2.24) is 4.31 Å². The Bertz CT molecular complexity index is 1130. The van der Waals surface area contributed by atoms with Crippen LogP contribution < -0.4 is 15.0 Å². The largest absolute Gasteiger partial charge is 0.483 e. The molecule has 0 saturated carbocycles. The smallest absolute Gasteiger partial charge is 0.262 e. The molecule has 0 radical (unpaired) electrons. The van der Waals surface area contributed by atoms with Gasteiger partial charge in [0.15, 0.2) is 6.61 Å². The molecule has 2 aromatic carbocycles. The molecule has 0 bridgehead atoms. The summed E-state index contributed by atoms with van der Waals surface area (Å²) in [5.74, 6) is 0.281. The zero-order valence-electron chi connectivity index (χ0n) is 19.6. The van der Waals surface area contributed by atoms with Gasteiger partial charge in [-0.15, -0.1) is 0 Å². The van der Waals surface area contributed by atoms with Crippen LogP contribution in [0.4, 0.5) is 11.4 Å². The Balaban J connectivity index is 1.56. The molecule has 0 spiro atoms. The van der Waals surface area contributed by atoms with Crippen LogP contribution >= 0.6 is 0 Å². The molecule has 2 fully saturated rings. The Morgan fingerprint density at radius 1 is 0.971 bits per heavy atom. The first-order chi connectivity index (χ1) is 16.3. The van der Waals surface area contributed by atoms with E-state index in [0.29, 0.717) is 64.0 Å². The minimum atomic E-state index is -3.71. The highest BCUT2D eigenvalue weighted by atomic mass is 32.2. The van der Waals surface area contributed by atoms with Crippen LogP contribution in [0.1, 0.15) is 11.1 Å². The number of hydrogen-bond donors (Lipinski definition) is 1. The van der Waals surface area contributed by atoms with Crippen LogP contribution in [-0.4, -0.2) is 77.8 Å².